The number of morpholine rings is 1. The fourth-order valence-corrected chi connectivity index (χ4v) is 4.83. The maximum absolute atomic E-state index is 13.0. The minimum Gasteiger partial charge on any atom is -0.449 e. The van der Waals surface area contributed by atoms with E-state index in [0.29, 0.717) is 5.76 Å². The maximum atomic E-state index is 13.0. The summed E-state index contributed by atoms with van der Waals surface area (Å²) < 4.78 is 43.0. The highest BCUT2D eigenvalue weighted by molar-refractivity contribution is 7.89. The summed E-state index contributed by atoms with van der Waals surface area (Å²) in [6.45, 7) is 7.13. The quantitative estimate of drug-likeness (QED) is 0.660. The number of aromatic nitrogens is 1. The van der Waals surface area contributed by atoms with Gasteiger partial charge in [0, 0.05) is 19.2 Å². The van der Waals surface area contributed by atoms with Crippen molar-refractivity contribution in [1.82, 2.24) is 9.46 Å². The molecular formula is C20H25N3O7S. The first-order valence-electron chi connectivity index (χ1n) is 9.77. The molecule has 1 aromatic heterocycles. The van der Waals surface area contributed by atoms with Crippen LogP contribution < -0.4 is 5.32 Å². The van der Waals surface area contributed by atoms with Gasteiger partial charge in [0.05, 0.1) is 22.7 Å². The SMILES string of the molecule is Cc1cc(NC(=O)[C@@H](C)OC(=O)c2cccc(S(=O)(=O)N3C[C@@H](C)O[C@@H](C)C3)c2)no1. The second-order valence-corrected chi connectivity index (χ2v) is 9.40. The smallest absolute Gasteiger partial charge is 0.338 e. The van der Waals surface area contributed by atoms with E-state index in [0.717, 1.165) is 0 Å². The Hall–Kier alpha value is -2.76. The normalized spacial score (nSPS) is 20.8. The molecule has 31 heavy (non-hydrogen) atoms. The number of benzene rings is 1. The molecule has 1 aromatic carbocycles. The van der Waals surface area contributed by atoms with Crippen molar-refractivity contribution in [1.29, 1.82) is 0 Å². The van der Waals surface area contributed by atoms with Gasteiger partial charge in [0.25, 0.3) is 5.91 Å². The summed E-state index contributed by atoms with van der Waals surface area (Å²) in [5.41, 5.74) is 0.0207. The molecule has 0 radical (unpaired) electrons. The van der Waals surface area contributed by atoms with Gasteiger partial charge in [-0.1, -0.05) is 11.2 Å². The average Bonchev–Trinajstić information content (AvgIpc) is 3.11. The molecule has 0 bridgehead atoms. The predicted molar refractivity (Wildman–Crippen MR) is 110 cm³/mol. The standard InChI is InChI=1S/C20H25N3O7S/c1-12-8-18(22-30-12)21-19(24)15(4)29-20(25)16-6-5-7-17(9-16)31(26,27)23-10-13(2)28-14(3)11-23/h5-9,13-15H,10-11H2,1-4H3,(H,21,22,24)/t13-,14+,15-/m1/s1. The number of nitrogens with one attached hydrogen (secondary N) is 1. The monoisotopic (exact) mass is 451 g/mol. The van der Waals surface area contributed by atoms with Gasteiger partial charge in [0.2, 0.25) is 10.0 Å². The van der Waals surface area contributed by atoms with Gasteiger partial charge in [-0.3, -0.25) is 4.79 Å². The fourth-order valence-electron chi connectivity index (χ4n) is 3.19. The predicted octanol–water partition coefficient (Wildman–Crippen LogP) is 1.96. The van der Waals surface area contributed by atoms with E-state index in [4.69, 9.17) is 14.0 Å². The number of amides is 1. The first kappa shape index (κ1) is 22.9. The van der Waals surface area contributed by atoms with Crippen LogP contribution in [0.3, 0.4) is 0 Å². The van der Waals surface area contributed by atoms with Gasteiger partial charge in [-0.05, 0) is 45.9 Å². The first-order chi connectivity index (χ1) is 14.6. The Morgan fingerprint density at radius 3 is 2.52 bits per heavy atom. The van der Waals surface area contributed by atoms with E-state index in [1.54, 1.807) is 20.8 Å². The van der Waals surface area contributed by atoms with Crippen molar-refractivity contribution >= 4 is 27.7 Å². The third kappa shape index (κ3) is 5.49. The number of nitrogens with zero attached hydrogens (tertiary/aromatic N) is 2. The van der Waals surface area contributed by atoms with E-state index in [-0.39, 0.29) is 41.6 Å². The molecule has 3 rings (SSSR count). The van der Waals surface area contributed by atoms with Crippen LogP contribution in [-0.4, -0.2) is 61.2 Å². The Kier molecular flexibility index (Phi) is 6.77. The Balaban J connectivity index is 1.70. The van der Waals surface area contributed by atoms with E-state index < -0.39 is 28.0 Å². The number of rotatable bonds is 6. The molecule has 1 amide bonds. The largest absolute Gasteiger partial charge is 0.449 e. The number of anilines is 1. The van der Waals surface area contributed by atoms with Crippen molar-refractivity contribution in [3.05, 3.63) is 41.7 Å². The first-order valence-corrected chi connectivity index (χ1v) is 11.2. The molecule has 1 aliphatic heterocycles. The third-order valence-electron chi connectivity index (χ3n) is 4.63. The molecule has 0 aliphatic carbocycles. The van der Waals surface area contributed by atoms with Crippen LogP contribution in [0.25, 0.3) is 0 Å². The Morgan fingerprint density at radius 2 is 1.90 bits per heavy atom. The molecule has 0 spiro atoms. The third-order valence-corrected chi connectivity index (χ3v) is 6.45. The zero-order valence-corrected chi connectivity index (χ0v) is 18.5. The van der Waals surface area contributed by atoms with Gasteiger partial charge in [-0.15, -0.1) is 0 Å². The van der Waals surface area contributed by atoms with Gasteiger partial charge in [0.1, 0.15) is 5.76 Å². The second kappa shape index (κ2) is 9.16. The molecule has 1 aliphatic rings. The van der Waals surface area contributed by atoms with Crippen LogP contribution in [0.4, 0.5) is 5.82 Å². The molecule has 1 saturated heterocycles. The Labute approximate surface area is 180 Å². The molecule has 10 nitrogen and oxygen atoms in total. The van der Waals surface area contributed by atoms with Crippen molar-refractivity contribution in [2.75, 3.05) is 18.4 Å². The van der Waals surface area contributed by atoms with Gasteiger partial charge in [0.15, 0.2) is 11.9 Å². The highest BCUT2D eigenvalue weighted by Gasteiger charge is 2.32. The molecule has 168 valence electrons. The van der Waals surface area contributed by atoms with Crippen LogP contribution in [0.2, 0.25) is 0 Å². The molecule has 2 heterocycles. The number of hydrogen-bond donors (Lipinski definition) is 1. The molecule has 1 N–H and O–H groups in total. The lowest BCUT2D eigenvalue weighted by Crippen LogP contribution is -2.48. The van der Waals surface area contributed by atoms with Crippen LogP contribution in [0, 0.1) is 6.92 Å². The molecule has 3 atom stereocenters. The molecule has 0 saturated carbocycles. The average molecular weight is 452 g/mol. The second-order valence-electron chi connectivity index (χ2n) is 7.47. The van der Waals surface area contributed by atoms with Crippen LogP contribution in [0.1, 0.15) is 36.9 Å². The molecule has 0 unspecified atom stereocenters. The van der Waals surface area contributed by atoms with Crippen LogP contribution in [0.5, 0.6) is 0 Å². The summed E-state index contributed by atoms with van der Waals surface area (Å²) in [5.74, 6) is -0.698. The van der Waals surface area contributed by atoms with Gasteiger partial charge in [-0.2, -0.15) is 4.31 Å². The summed E-state index contributed by atoms with van der Waals surface area (Å²) >= 11 is 0. The van der Waals surface area contributed by atoms with E-state index in [9.17, 15) is 18.0 Å². The number of carbonyl (C=O) groups is 2. The summed E-state index contributed by atoms with van der Waals surface area (Å²) in [4.78, 5) is 24.7. The number of carbonyl (C=O) groups excluding carboxylic acids is 2. The van der Waals surface area contributed by atoms with E-state index in [1.807, 2.05) is 0 Å². The number of esters is 1. The Bertz CT molecular complexity index is 1060. The molecule has 1 fully saturated rings. The fraction of sp³-hybridized carbons (Fsp3) is 0.450. The highest BCUT2D eigenvalue weighted by Crippen LogP contribution is 2.22. The van der Waals surface area contributed by atoms with Gasteiger partial charge < -0.3 is 19.3 Å². The number of sulfonamides is 1. The van der Waals surface area contributed by atoms with E-state index in [1.165, 1.54) is 41.6 Å². The lowest BCUT2D eigenvalue weighted by atomic mass is 10.2. The van der Waals surface area contributed by atoms with Crippen molar-refractivity contribution < 1.29 is 32.0 Å². The summed E-state index contributed by atoms with van der Waals surface area (Å²) in [5, 5.41) is 6.11. The Morgan fingerprint density at radius 1 is 1.23 bits per heavy atom. The molecular weight excluding hydrogens is 426 g/mol. The number of ether oxygens (including phenoxy) is 2. The van der Waals surface area contributed by atoms with Crippen molar-refractivity contribution in [2.24, 2.45) is 0 Å². The topological polar surface area (TPSA) is 128 Å². The van der Waals surface area contributed by atoms with Crippen molar-refractivity contribution in [3.8, 4) is 0 Å². The number of aryl methyl sites for hydroxylation is 1. The van der Waals surface area contributed by atoms with Crippen molar-refractivity contribution in [2.45, 2.75) is 50.9 Å². The van der Waals surface area contributed by atoms with Crippen LogP contribution in [0.15, 0.2) is 39.8 Å². The van der Waals surface area contributed by atoms with Crippen molar-refractivity contribution in [3.63, 3.8) is 0 Å². The zero-order valence-electron chi connectivity index (χ0n) is 17.7. The number of hydrogen-bond acceptors (Lipinski definition) is 8. The highest BCUT2D eigenvalue weighted by atomic mass is 32.2. The summed E-state index contributed by atoms with van der Waals surface area (Å²) in [6.07, 6.45) is -1.61. The van der Waals surface area contributed by atoms with Crippen LogP contribution in [-0.2, 0) is 24.3 Å². The molecule has 2 aromatic rings. The van der Waals surface area contributed by atoms with E-state index in [2.05, 4.69) is 10.5 Å². The maximum Gasteiger partial charge on any atom is 0.338 e. The molecule has 11 heteroatoms. The minimum atomic E-state index is -3.82. The summed E-state index contributed by atoms with van der Waals surface area (Å²) in [6, 6.07) is 7.07. The minimum absolute atomic E-state index is 0.0207. The van der Waals surface area contributed by atoms with Crippen LogP contribution >= 0.6 is 0 Å². The van der Waals surface area contributed by atoms with E-state index >= 15 is 0 Å². The van der Waals surface area contributed by atoms with Gasteiger partial charge >= 0.3 is 5.97 Å². The lowest BCUT2D eigenvalue weighted by Gasteiger charge is -2.34. The van der Waals surface area contributed by atoms with Gasteiger partial charge in [-0.25, -0.2) is 13.2 Å². The lowest BCUT2D eigenvalue weighted by molar-refractivity contribution is -0.123. The zero-order chi connectivity index (χ0) is 22.8. The summed E-state index contributed by atoms with van der Waals surface area (Å²) in [7, 11) is -3.82.